The molecule has 0 aliphatic carbocycles. The van der Waals surface area contributed by atoms with Crippen LogP contribution in [0.15, 0.2) is 84.1 Å². The molecule has 2 amide bonds. The summed E-state index contributed by atoms with van der Waals surface area (Å²) in [6, 6.07) is 13.5. The maximum absolute atomic E-state index is 14.0. The molecule has 0 bridgehead atoms. The minimum atomic E-state index is -4.96. The fourth-order valence-corrected chi connectivity index (χ4v) is 5.73. The van der Waals surface area contributed by atoms with Crippen molar-refractivity contribution in [2.45, 2.75) is 11.1 Å². The first-order valence-electron chi connectivity index (χ1n) is 12.1. The lowest BCUT2D eigenvalue weighted by Crippen LogP contribution is -2.50. The number of anilines is 1. The van der Waals surface area contributed by atoms with Gasteiger partial charge in [0, 0.05) is 61.3 Å². The van der Waals surface area contributed by atoms with Gasteiger partial charge < -0.3 is 9.80 Å². The van der Waals surface area contributed by atoms with Crippen LogP contribution in [-0.4, -0.2) is 66.2 Å². The normalized spacial score (nSPS) is 14.3. The number of piperazine rings is 1. The Labute approximate surface area is 227 Å². The number of carbonyl (C=O) groups is 2. The van der Waals surface area contributed by atoms with Gasteiger partial charge in [-0.1, -0.05) is 18.2 Å². The lowest BCUT2D eigenvalue weighted by Gasteiger charge is -2.35. The summed E-state index contributed by atoms with van der Waals surface area (Å²) in [7, 11) is -4.46. The monoisotopic (exact) mass is 569 g/mol. The zero-order valence-corrected chi connectivity index (χ0v) is 21.6. The van der Waals surface area contributed by atoms with E-state index in [1.807, 2.05) is 4.72 Å². The molecule has 2 aromatic carbocycles. The number of rotatable bonds is 5. The van der Waals surface area contributed by atoms with Gasteiger partial charge in [-0.05, 0) is 42.5 Å². The van der Waals surface area contributed by atoms with Crippen molar-refractivity contribution in [1.82, 2.24) is 19.8 Å². The Hall–Kier alpha value is -4.52. The summed E-state index contributed by atoms with van der Waals surface area (Å²) in [5.41, 5.74) is -1.72. The lowest BCUT2D eigenvalue weighted by atomic mass is 10.1. The number of sulfonamides is 1. The number of nitrogens with one attached hydrogen (secondary N) is 1. The van der Waals surface area contributed by atoms with E-state index >= 15 is 0 Å². The van der Waals surface area contributed by atoms with E-state index in [9.17, 15) is 31.2 Å². The molecule has 1 aliphatic rings. The van der Waals surface area contributed by atoms with E-state index in [1.54, 1.807) is 35.2 Å². The van der Waals surface area contributed by atoms with Gasteiger partial charge in [-0.25, -0.2) is 8.42 Å². The number of fused-ring (bicyclic) bond motifs is 1. The molecule has 40 heavy (non-hydrogen) atoms. The first-order chi connectivity index (χ1) is 19.0. The Morgan fingerprint density at radius 2 is 1.43 bits per heavy atom. The van der Waals surface area contributed by atoms with Crippen LogP contribution in [0.4, 0.5) is 18.9 Å². The van der Waals surface area contributed by atoms with Crippen LogP contribution < -0.4 is 4.72 Å². The number of benzene rings is 2. The number of nitrogens with zero attached hydrogens (tertiary/aromatic N) is 4. The molecule has 0 spiro atoms. The smallest absolute Gasteiger partial charge is 0.335 e. The molecule has 5 rings (SSSR count). The quantitative estimate of drug-likeness (QED) is 0.388. The molecule has 0 saturated carbocycles. The van der Waals surface area contributed by atoms with Gasteiger partial charge in [0.05, 0.1) is 16.8 Å². The highest BCUT2D eigenvalue weighted by molar-refractivity contribution is 7.93. The zero-order chi connectivity index (χ0) is 28.5. The van der Waals surface area contributed by atoms with Gasteiger partial charge in [0.2, 0.25) is 0 Å². The molecule has 1 fully saturated rings. The summed E-state index contributed by atoms with van der Waals surface area (Å²) in [5.74, 6) is -0.888. The van der Waals surface area contributed by atoms with Gasteiger partial charge in [-0.15, -0.1) is 0 Å². The molecule has 9 nitrogen and oxygen atoms in total. The van der Waals surface area contributed by atoms with Gasteiger partial charge in [-0.3, -0.25) is 24.3 Å². The Morgan fingerprint density at radius 3 is 2.08 bits per heavy atom. The van der Waals surface area contributed by atoms with Gasteiger partial charge in [0.1, 0.15) is 4.90 Å². The molecular weight excluding hydrogens is 547 g/mol. The third-order valence-electron chi connectivity index (χ3n) is 6.48. The maximum Gasteiger partial charge on any atom is 0.418 e. The SMILES string of the molecule is O=C(c1ccncc1)N1CCN(C(=O)c2ccc(NS(=O)(=O)c3cccc4cccnc34)c(C(F)(F)F)c2)CC1. The van der Waals surface area contributed by atoms with Gasteiger partial charge in [0.15, 0.2) is 0 Å². The number of amides is 2. The van der Waals surface area contributed by atoms with Crippen molar-refractivity contribution in [3.8, 4) is 0 Å². The number of halogens is 3. The molecular formula is C27H22F3N5O4S. The number of pyridine rings is 2. The lowest BCUT2D eigenvalue weighted by molar-refractivity contribution is -0.136. The standard InChI is InChI=1S/C27H22F3N5O4S/c28-27(29,30)21-17-20(26(37)35-15-13-34(14-16-35)25(36)19-8-11-31-12-9-19)6-7-22(21)33-40(38,39)23-5-1-3-18-4-2-10-32-24(18)23/h1-12,17,33H,13-16H2. The molecule has 2 aromatic heterocycles. The van der Waals surface area contributed by atoms with Gasteiger partial charge in [-0.2, -0.15) is 13.2 Å². The van der Waals surface area contributed by atoms with E-state index in [0.717, 1.165) is 12.1 Å². The third-order valence-corrected chi connectivity index (χ3v) is 7.88. The highest BCUT2D eigenvalue weighted by atomic mass is 32.2. The Bertz CT molecular complexity index is 1680. The predicted molar refractivity (Wildman–Crippen MR) is 140 cm³/mol. The molecule has 1 aliphatic heterocycles. The van der Waals surface area contributed by atoms with Crippen molar-refractivity contribution in [3.63, 3.8) is 0 Å². The summed E-state index contributed by atoms with van der Waals surface area (Å²) in [6.45, 7) is 0.658. The van der Waals surface area contributed by atoms with E-state index < -0.39 is 33.4 Å². The van der Waals surface area contributed by atoms with Crippen molar-refractivity contribution >= 4 is 38.4 Å². The molecule has 4 aromatic rings. The number of aromatic nitrogens is 2. The van der Waals surface area contributed by atoms with Crippen LogP contribution in [0.25, 0.3) is 10.9 Å². The second-order valence-corrected chi connectivity index (χ2v) is 10.7. The van der Waals surface area contributed by atoms with Gasteiger partial charge in [0.25, 0.3) is 21.8 Å². The van der Waals surface area contributed by atoms with E-state index in [1.165, 1.54) is 35.6 Å². The molecule has 1 N–H and O–H groups in total. The molecule has 13 heteroatoms. The number of hydrogen-bond acceptors (Lipinski definition) is 6. The van der Waals surface area contributed by atoms with E-state index in [0.29, 0.717) is 17.0 Å². The number of carbonyl (C=O) groups excluding carboxylic acids is 2. The highest BCUT2D eigenvalue weighted by Crippen LogP contribution is 2.37. The summed E-state index contributed by atoms with van der Waals surface area (Å²) < 4.78 is 70.4. The second-order valence-electron chi connectivity index (χ2n) is 9.02. The molecule has 3 heterocycles. The zero-order valence-electron chi connectivity index (χ0n) is 20.8. The minimum absolute atomic E-state index is 0.111. The van der Waals surface area contributed by atoms with Crippen LogP contribution in [0.2, 0.25) is 0 Å². The first kappa shape index (κ1) is 27.1. The molecule has 1 saturated heterocycles. The second kappa shape index (κ2) is 10.6. The number of hydrogen-bond donors (Lipinski definition) is 1. The van der Waals surface area contributed by atoms with Crippen molar-refractivity contribution in [1.29, 1.82) is 0 Å². The first-order valence-corrected chi connectivity index (χ1v) is 13.6. The Morgan fingerprint density at radius 1 is 0.800 bits per heavy atom. The fourth-order valence-electron chi connectivity index (χ4n) is 4.47. The highest BCUT2D eigenvalue weighted by Gasteiger charge is 2.36. The average Bonchev–Trinajstić information content (AvgIpc) is 2.96. The fraction of sp³-hybridized carbons (Fsp3) is 0.185. The third kappa shape index (κ3) is 5.45. The minimum Gasteiger partial charge on any atom is -0.335 e. The maximum atomic E-state index is 14.0. The Kier molecular flexibility index (Phi) is 7.15. The van der Waals surface area contributed by atoms with Crippen LogP contribution in [0.3, 0.4) is 0 Å². The number of para-hydroxylation sites is 1. The predicted octanol–water partition coefficient (Wildman–Crippen LogP) is 4.05. The Balaban J connectivity index is 1.36. The molecule has 206 valence electrons. The average molecular weight is 570 g/mol. The van der Waals surface area contributed by atoms with Crippen LogP contribution in [0, 0.1) is 0 Å². The van der Waals surface area contributed by atoms with Crippen LogP contribution >= 0.6 is 0 Å². The largest absolute Gasteiger partial charge is 0.418 e. The summed E-state index contributed by atoms with van der Waals surface area (Å²) >= 11 is 0. The summed E-state index contributed by atoms with van der Waals surface area (Å²) in [5, 5.41) is 0.505. The van der Waals surface area contributed by atoms with E-state index in [2.05, 4.69) is 9.97 Å². The van der Waals surface area contributed by atoms with Crippen LogP contribution in [0.1, 0.15) is 26.3 Å². The van der Waals surface area contributed by atoms with Crippen LogP contribution in [0.5, 0.6) is 0 Å². The van der Waals surface area contributed by atoms with Crippen molar-refractivity contribution < 1.29 is 31.2 Å². The van der Waals surface area contributed by atoms with E-state index in [-0.39, 0.29) is 48.1 Å². The van der Waals surface area contributed by atoms with Crippen molar-refractivity contribution in [2.24, 2.45) is 0 Å². The van der Waals surface area contributed by atoms with Crippen molar-refractivity contribution in [2.75, 3.05) is 30.9 Å². The summed E-state index contributed by atoms with van der Waals surface area (Å²) in [6.07, 6.45) is -0.583. The summed E-state index contributed by atoms with van der Waals surface area (Å²) in [4.78, 5) is 36.3. The molecule has 0 radical (unpaired) electrons. The van der Waals surface area contributed by atoms with Crippen LogP contribution in [-0.2, 0) is 16.2 Å². The van der Waals surface area contributed by atoms with Crippen molar-refractivity contribution in [3.05, 3.63) is 95.9 Å². The van der Waals surface area contributed by atoms with E-state index in [4.69, 9.17) is 0 Å². The number of alkyl halides is 3. The molecule has 0 unspecified atom stereocenters. The molecule has 0 atom stereocenters. The topological polar surface area (TPSA) is 113 Å². The van der Waals surface area contributed by atoms with Gasteiger partial charge >= 0.3 is 6.18 Å².